The van der Waals surface area contributed by atoms with Crippen LogP contribution in [0.5, 0.6) is 0 Å². The zero-order chi connectivity index (χ0) is 13.5. The average molecular weight is 261 g/mol. The van der Waals surface area contributed by atoms with Crippen molar-refractivity contribution in [1.82, 2.24) is 4.98 Å². The minimum Gasteiger partial charge on any atom is -0.479 e. The molecule has 0 aliphatic rings. The normalized spacial score (nSPS) is 13.8. The summed E-state index contributed by atoms with van der Waals surface area (Å²) in [5.41, 5.74) is -1.84. The second kappa shape index (κ2) is 3.98. The van der Waals surface area contributed by atoms with E-state index in [0.29, 0.717) is 0 Å². The molecular weight excluding hydrogens is 255 g/mol. The SMILES string of the molecule is O=C(O)C(O)c1nc2cccc(C(F)(F)F)c2o1. The number of aliphatic carboxylic acids is 1. The van der Waals surface area contributed by atoms with Crippen molar-refractivity contribution in [2.75, 3.05) is 0 Å². The van der Waals surface area contributed by atoms with Crippen molar-refractivity contribution in [3.63, 3.8) is 0 Å². The van der Waals surface area contributed by atoms with Crippen LogP contribution in [0.25, 0.3) is 11.1 Å². The van der Waals surface area contributed by atoms with Gasteiger partial charge < -0.3 is 14.6 Å². The van der Waals surface area contributed by atoms with Crippen molar-refractivity contribution >= 4 is 17.1 Å². The topological polar surface area (TPSA) is 83.6 Å². The van der Waals surface area contributed by atoms with E-state index in [-0.39, 0.29) is 5.52 Å². The van der Waals surface area contributed by atoms with Gasteiger partial charge in [-0.25, -0.2) is 9.78 Å². The molecule has 0 aliphatic heterocycles. The van der Waals surface area contributed by atoms with Crippen LogP contribution in [0.1, 0.15) is 17.6 Å². The summed E-state index contributed by atoms with van der Waals surface area (Å²) in [6.45, 7) is 0. The van der Waals surface area contributed by atoms with Gasteiger partial charge in [0.25, 0.3) is 0 Å². The lowest BCUT2D eigenvalue weighted by Crippen LogP contribution is -2.10. The van der Waals surface area contributed by atoms with Gasteiger partial charge in [0.15, 0.2) is 5.58 Å². The highest BCUT2D eigenvalue weighted by atomic mass is 19.4. The quantitative estimate of drug-likeness (QED) is 0.863. The first-order valence-corrected chi connectivity index (χ1v) is 4.68. The van der Waals surface area contributed by atoms with E-state index < -0.39 is 35.3 Å². The predicted octanol–water partition coefficient (Wildman–Crippen LogP) is 1.96. The molecule has 1 heterocycles. The number of rotatable bonds is 2. The van der Waals surface area contributed by atoms with Crippen molar-refractivity contribution in [3.8, 4) is 0 Å². The molecule has 0 spiro atoms. The van der Waals surface area contributed by atoms with Crippen LogP contribution in [0.4, 0.5) is 13.2 Å². The van der Waals surface area contributed by atoms with E-state index in [0.717, 1.165) is 12.1 Å². The Kier molecular flexibility index (Phi) is 2.74. The monoisotopic (exact) mass is 261 g/mol. The fraction of sp³-hybridized carbons (Fsp3) is 0.200. The molecule has 0 radical (unpaired) electrons. The zero-order valence-electron chi connectivity index (χ0n) is 8.60. The Morgan fingerprint density at radius 2 is 2.06 bits per heavy atom. The summed E-state index contributed by atoms with van der Waals surface area (Å²) >= 11 is 0. The highest BCUT2D eigenvalue weighted by Crippen LogP contribution is 2.35. The van der Waals surface area contributed by atoms with Crippen LogP contribution in [0.15, 0.2) is 22.6 Å². The number of benzene rings is 1. The van der Waals surface area contributed by atoms with E-state index in [1.807, 2.05) is 0 Å². The third-order valence-electron chi connectivity index (χ3n) is 2.20. The molecule has 0 fully saturated rings. The maximum absolute atomic E-state index is 12.6. The van der Waals surface area contributed by atoms with Gasteiger partial charge in [0, 0.05) is 0 Å². The highest BCUT2D eigenvalue weighted by Gasteiger charge is 2.35. The van der Waals surface area contributed by atoms with Crippen LogP contribution in [0, 0.1) is 0 Å². The number of aromatic nitrogens is 1. The van der Waals surface area contributed by atoms with Crippen LogP contribution < -0.4 is 0 Å². The summed E-state index contributed by atoms with van der Waals surface area (Å²) < 4.78 is 42.5. The van der Waals surface area contributed by atoms with E-state index in [1.165, 1.54) is 6.07 Å². The van der Waals surface area contributed by atoms with Gasteiger partial charge in [-0.2, -0.15) is 13.2 Å². The zero-order valence-corrected chi connectivity index (χ0v) is 8.60. The van der Waals surface area contributed by atoms with E-state index in [1.54, 1.807) is 0 Å². The largest absolute Gasteiger partial charge is 0.479 e. The van der Waals surface area contributed by atoms with E-state index in [4.69, 9.17) is 10.2 Å². The number of para-hydroxylation sites is 1. The fourth-order valence-electron chi connectivity index (χ4n) is 1.41. The first kappa shape index (κ1) is 12.4. The predicted molar refractivity (Wildman–Crippen MR) is 51.6 cm³/mol. The Balaban J connectivity index is 2.62. The molecule has 96 valence electrons. The van der Waals surface area contributed by atoms with Gasteiger partial charge >= 0.3 is 12.1 Å². The summed E-state index contributed by atoms with van der Waals surface area (Å²) in [4.78, 5) is 14.0. The molecule has 18 heavy (non-hydrogen) atoms. The van der Waals surface area contributed by atoms with Gasteiger partial charge in [0.05, 0.1) is 0 Å². The van der Waals surface area contributed by atoms with E-state index in [9.17, 15) is 18.0 Å². The van der Waals surface area contributed by atoms with Crippen LogP contribution in [0.3, 0.4) is 0 Å². The molecule has 0 aliphatic carbocycles. The highest BCUT2D eigenvalue weighted by molar-refractivity contribution is 5.79. The molecule has 1 unspecified atom stereocenters. The second-order valence-electron chi connectivity index (χ2n) is 3.44. The Morgan fingerprint density at radius 3 is 2.61 bits per heavy atom. The molecule has 1 aromatic heterocycles. The summed E-state index contributed by atoms with van der Waals surface area (Å²) in [7, 11) is 0. The Bertz CT molecular complexity index is 605. The number of nitrogens with zero attached hydrogens (tertiary/aromatic N) is 1. The number of hydrogen-bond donors (Lipinski definition) is 2. The summed E-state index contributed by atoms with van der Waals surface area (Å²) in [6, 6.07) is 3.13. The number of carbonyl (C=O) groups is 1. The lowest BCUT2D eigenvalue weighted by Gasteiger charge is -2.05. The van der Waals surface area contributed by atoms with Crippen LogP contribution in [-0.2, 0) is 11.0 Å². The van der Waals surface area contributed by atoms with Gasteiger partial charge in [-0.05, 0) is 12.1 Å². The van der Waals surface area contributed by atoms with Crippen molar-refractivity contribution in [2.24, 2.45) is 0 Å². The lowest BCUT2D eigenvalue weighted by atomic mass is 10.2. The van der Waals surface area contributed by atoms with Crippen molar-refractivity contribution in [1.29, 1.82) is 0 Å². The third kappa shape index (κ3) is 2.02. The number of carboxylic acids is 1. The Morgan fingerprint density at radius 1 is 1.39 bits per heavy atom. The van der Waals surface area contributed by atoms with E-state index >= 15 is 0 Å². The molecule has 2 N–H and O–H groups in total. The molecule has 1 aromatic carbocycles. The number of fused-ring (bicyclic) bond motifs is 1. The third-order valence-corrected chi connectivity index (χ3v) is 2.20. The second-order valence-corrected chi connectivity index (χ2v) is 3.44. The van der Waals surface area contributed by atoms with Gasteiger partial charge in [0.1, 0.15) is 11.1 Å². The molecule has 5 nitrogen and oxygen atoms in total. The first-order chi connectivity index (χ1) is 8.30. The maximum Gasteiger partial charge on any atom is 0.420 e. The van der Waals surface area contributed by atoms with Crippen LogP contribution in [0.2, 0.25) is 0 Å². The Hall–Kier alpha value is -2.09. The number of alkyl halides is 3. The first-order valence-electron chi connectivity index (χ1n) is 4.68. The molecule has 0 bridgehead atoms. The number of hydrogen-bond acceptors (Lipinski definition) is 4. The number of carboxylic acid groups (broad SMARTS) is 1. The lowest BCUT2D eigenvalue weighted by molar-refractivity contribution is -0.148. The van der Waals surface area contributed by atoms with Gasteiger partial charge in [-0.3, -0.25) is 0 Å². The van der Waals surface area contributed by atoms with Gasteiger partial charge in [-0.1, -0.05) is 6.07 Å². The number of oxazole rings is 1. The van der Waals surface area contributed by atoms with Crippen molar-refractivity contribution in [3.05, 3.63) is 29.7 Å². The molecule has 0 saturated carbocycles. The van der Waals surface area contributed by atoms with E-state index in [2.05, 4.69) is 9.40 Å². The molecule has 8 heteroatoms. The molecular formula is C10H6F3NO4. The summed E-state index contributed by atoms with van der Waals surface area (Å²) in [5, 5.41) is 17.7. The van der Waals surface area contributed by atoms with Crippen molar-refractivity contribution in [2.45, 2.75) is 12.3 Å². The molecule has 2 rings (SSSR count). The molecule has 1 atom stereocenters. The summed E-state index contributed by atoms with van der Waals surface area (Å²) in [5.74, 6) is -2.34. The molecule has 0 amide bonds. The average Bonchev–Trinajstić information content (AvgIpc) is 2.69. The minimum atomic E-state index is -4.65. The summed E-state index contributed by atoms with van der Waals surface area (Å²) in [6.07, 6.45) is -6.75. The minimum absolute atomic E-state index is 0.167. The number of halogens is 3. The maximum atomic E-state index is 12.6. The molecule has 2 aromatic rings. The van der Waals surface area contributed by atoms with Crippen LogP contribution >= 0.6 is 0 Å². The fourth-order valence-corrected chi connectivity index (χ4v) is 1.41. The number of aliphatic hydroxyl groups is 1. The van der Waals surface area contributed by atoms with Crippen molar-refractivity contribution < 1.29 is 32.6 Å². The molecule has 0 saturated heterocycles. The van der Waals surface area contributed by atoms with Crippen LogP contribution in [-0.4, -0.2) is 21.2 Å². The smallest absolute Gasteiger partial charge is 0.420 e. The van der Waals surface area contributed by atoms with Gasteiger partial charge in [0.2, 0.25) is 12.0 Å². The Labute approximate surface area is 97.5 Å². The van der Waals surface area contributed by atoms with Gasteiger partial charge in [-0.15, -0.1) is 0 Å². The standard InChI is InChI=1S/C10H6F3NO4/c11-10(12,13)4-2-1-3-5-7(4)18-8(14-5)6(15)9(16)17/h1-3,6,15H,(H,16,17). The number of aliphatic hydroxyl groups excluding tert-OH is 1.